The molecule has 0 radical (unpaired) electrons. The third-order valence-electron chi connectivity index (χ3n) is 2.44. The fourth-order valence-electron chi connectivity index (χ4n) is 1.48. The molecule has 8 heteroatoms. The zero-order valence-corrected chi connectivity index (χ0v) is 12.7. The summed E-state index contributed by atoms with van der Waals surface area (Å²) >= 11 is 7.40. The summed E-state index contributed by atoms with van der Waals surface area (Å²) in [6.45, 7) is 4.64. The van der Waals surface area contributed by atoms with Crippen LogP contribution in [-0.4, -0.2) is 27.6 Å². The van der Waals surface area contributed by atoms with E-state index in [1.54, 1.807) is 6.07 Å². The molecule has 1 amide bonds. The molecule has 2 aromatic heterocycles. The van der Waals surface area contributed by atoms with E-state index in [-0.39, 0.29) is 5.91 Å². The standard InChI is InChI=1S/C12H14ClN5OS/c1-3-9-17-18-12(20-9)16-11(19)7-5-8(13)10(14-4-2)15-6-7/h5-6H,3-4H2,1-2H3,(H,14,15)(H,16,18,19). The van der Waals surface area contributed by atoms with E-state index in [1.807, 2.05) is 13.8 Å². The summed E-state index contributed by atoms with van der Waals surface area (Å²) in [5.41, 5.74) is 0.380. The molecule has 0 aliphatic heterocycles. The molecule has 0 aliphatic rings. The highest BCUT2D eigenvalue weighted by Gasteiger charge is 2.12. The van der Waals surface area contributed by atoms with Crippen LogP contribution in [0.3, 0.4) is 0 Å². The lowest BCUT2D eigenvalue weighted by Crippen LogP contribution is -2.12. The van der Waals surface area contributed by atoms with Gasteiger partial charge in [-0.05, 0) is 19.4 Å². The van der Waals surface area contributed by atoms with Crippen molar-refractivity contribution in [1.29, 1.82) is 0 Å². The molecule has 2 aromatic rings. The molecule has 0 fully saturated rings. The van der Waals surface area contributed by atoms with Crippen LogP contribution >= 0.6 is 22.9 Å². The van der Waals surface area contributed by atoms with Gasteiger partial charge in [0.25, 0.3) is 5.91 Å². The van der Waals surface area contributed by atoms with Crippen molar-refractivity contribution in [3.63, 3.8) is 0 Å². The van der Waals surface area contributed by atoms with Gasteiger partial charge in [-0.1, -0.05) is 29.9 Å². The fourth-order valence-corrected chi connectivity index (χ4v) is 2.38. The summed E-state index contributed by atoms with van der Waals surface area (Å²) in [7, 11) is 0. The minimum absolute atomic E-state index is 0.304. The molecule has 2 rings (SSSR count). The van der Waals surface area contributed by atoms with Gasteiger partial charge < -0.3 is 5.32 Å². The lowest BCUT2D eigenvalue weighted by atomic mass is 10.2. The highest BCUT2D eigenvalue weighted by molar-refractivity contribution is 7.15. The van der Waals surface area contributed by atoms with Crippen LogP contribution in [0.5, 0.6) is 0 Å². The van der Waals surface area contributed by atoms with Gasteiger partial charge in [0.1, 0.15) is 10.8 Å². The molecule has 0 bridgehead atoms. The van der Waals surface area contributed by atoms with Crippen molar-refractivity contribution in [2.45, 2.75) is 20.3 Å². The first-order valence-electron chi connectivity index (χ1n) is 6.17. The maximum absolute atomic E-state index is 12.0. The molecule has 2 N–H and O–H groups in total. The Morgan fingerprint density at radius 1 is 1.40 bits per heavy atom. The first-order valence-corrected chi connectivity index (χ1v) is 7.36. The van der Waals surface area contributed by atoms with E-state index in [9.17, 15) is 4.79 Å². The Morgan fingerprint density at radius 3 is 2.80 bits per heavy atom. The van der Waals surface area contributed by atoms with Gasteiger partial charge in [0, 0.05) is 12.7 Å². The van der Waals surface area contributed by atoms with Crippen LogP contribution in [0.25, 0.3) is 0 Å². The second kappa shape index (κ2) is 6.62. The number of nitrogens with one attached hydrogen (secondary N) is 2. The second-order valence-corrected chi connectivity index (χ2v) is 5.36. The van der Waals surface area contributed by atoms with Crippen molar-refractivity contribution in [2.75, 3.05) is 17.2 Å². The monoisotopic (exact) mass is 311 g/mol. The van der Waals surface area contributed by atoms with Crippen LogP contribution in [0.1, 0.15) is 29.2 Å². The average molecular weight is 312 g/mol. The van der Waals surface area contributed by atoms with Crippen molar-refractivity contribution in [3.8, 4) is 0 Å². The van der Waals surface area contributed by atoms with E-state index in [4.69, 9.17) is 11.6 Å². The van der Waals surface area contributed by atoms with Crippen LogP contribution in [-0.2, 0) is 6.42 Å². The second-order valence-electron chi connectivity index (χ2n) is 3.89. The first kappa shape index (κ1) is 14.7. The van der Waals surface area contributed by atoms with Crippen molar-refractivity contribution >= 4 is 39.8 Å². The average Bonchev–Trinajstić information content (AvgIpc) is 2.89. The normalized spacial score (nSPS) is 10.3. The Balaban J connectivity index is 2.10. The summed E-state index contributed by atoms with van der Waals surface area (Å²) in [5.74, 6) is 0.260. The van der Waals surface area contributed by atoms with E-state index in [0.717, 1.165) is 11.4 Å². The molecule has 0 aromatic carbocycles. The number of anilines is 2. The number of aryl methyl sites for hydroxylation is 1. The van der Waals surface area contributed by atoms with Crippen LogP contribution < -0.4 is 10.6 Å². The lowest BCUT2D eigenvalue weighted by Gasteiger charge is -2.06. The molecule has 2 heterocycles. The van der Waals surface area contributed by atoms with Crippen LogP contribution in [0, 0.1) is 0 Å². The molecular formula is C12H14ClN5OS. The zero-order valence-electron chi connectivity index (χ0n) is 11.1. The number of carbonyl (C=O) groups excluding carboxylic acids is 1. The largest absolute Gasteiger partial charge is 0.369 e. The molecule has 0 atom stereocenters. The van der Waals surface area contributed by atoms with Gasteiger partial charge in [-0.3, -0.25) is 10.1 Å². The molecule has 0 saturated carbocycles. The molecular weight excluding hydrogens is 298 g/mol. The molecule has 0 saturated heterocycles. The number of hydrogen-bond donors (Lipinski definition) is 2. The predicted molar refractivity (Wildman–Crippen MR) is 80.7 cm³/mol. The van der Waals surface area contributed by atoms with Gasteiger partial charge in [0.15, 0.2) is 0 Å². The summed E-state index contributed by atoms with van der Waals surface area (Å²) in [5, 5.41) is 15.3. The predicted octanol–water partition coefficient (Wildman–Crippen LogP) is 2.83. The quantitative estimate of drug-likeness (QED) is 0.887. The van der Waals surface area contributed by atoms with E-state index < -0.39 is 0 Å². The van der Waals surface area contributed by atoms with Crippen LogP contribution in [0.4, 0.5) is 10.9 Å². The highest BCUT2D eigenvalue weighted by atomic mass is 35.5. The Labute approximate surface area is 125 Å². The molecule has 0 aliphatic carbocycles. The fraction of sp³-hybridized carbons (Fsp3) is 0.333. The maximum Gasteiger partial charge on any atom is 0.259 e. The molecule has 20 heavy (non-hydrogen) atoms. The Kier molecular flexibility index (Phi) is 4.86. The number of aromatic nitrogens is 3. The van der Waals surface area contributed by atoms with E-state index >= 15 is 0 Å². The number of amides is 1. The van der Waals surface area contributed by atoms with Gasteiger partial charge in [0.2, 0.25) is 5.13 Å². The minimum atomic E-state index is -0.304. The van der Waals surface area contributed by atoms with Crippen molar-refractivity contribution in [2.24, 2.45) is 0 Å². The third-order valence-corrected chi connectivity index (χ3v) is 3.71. The Bertz CT molecular complexity index is 616. The molecule has 0 unspecified atom stereocenters. The minimum Gasteiger partial charge on any atom is -0.369 e. The molecule has 6 nitrogen and oxygen atoms in total. The van der Waals surface area contributed by atoms with Crippen LogP contribution in [0.2, 0.25) is 5.02 Å². The zero-order chi connectivity index (χ0) is 14.5. The number of rotatable bonds is 5. The third kappa shape index (κ3) is 3.43. The number of pyridine rings is 1. The number of nitrogens with zero attached hydrogens (tertiary/aromatic N) is 3. The summed E-state index contributed by atoms with van der Waals surface area (Å²) < 4.78 is 0. The van der Waals surface area contributed by atoms with Crippen molar-refractivity contribution in [1.82, 2.24) is 15.2 Å². The van der Waals surface area contributed by atoms with E-state index in [2.05, 4.69) is 25.8 Å². The first-order chi connectivity index (χ1) is 9.63. The molecule has 106 valence electrons. The van der Waals surface area contributed by atoms with Gasteiger partial charge >= 0.3 is 0 Å². The molecule has 0 spiro atoms. The SMILES string of the molecule is CCNc1ncc(C(=O)Nc2nnc(CC)s2)cc1Cl. The summed E-state index contributed by atoms with van der Waals surface area (Å²) in [6, 6.07) is 1.57. The van der Waals surface area contributed by atoms with Gasteiger partial charge in [-0.2, -0.15) is 0 Å². The van der Waals surface area contributed by atoms with Crippen molar-refractivity contribution < 1.29 is 4.79 Å². The van der Waals surface area contributed by atoms with Crippen LogP contribution in [0.15, 0.2) is 12.3 Å². The smallest absolute Gasteiger partial charge is 0.259 e. The Morgan fingerprint density at radius 2 is 2.20 bits per heavy atom. The summed E-state index contributed by atoms with van der Waals surface area (Å²) in [4.78, 5) is 16.2. The lowest BCUT2D eigenvalue weighted by molar-refractivity contribution is 0.102. The number of carbonyl (C=O) groups is 1. The summed E-state index contributed by atoms with van der Waals surface area (Å²) in [6.07, 6.45) is 2.26. The van der Waals surface area contributed by atoms with Gasteiger partial charge in [-0.15, -0.1) is 10.2 Å². The number of hydrogen-bond acceptors (Lipinski definition) is 6. The topological polar surface area (TPSA) is 79.8 Å². The highest BCUT2D eigenvalue weighted by Crippen LogP contribution is 2.21. The van der Waals surface area contributed by atoms with E-state index in [0.29, 0.717) is 28.1 Å². The maximum atomic E-state index is 12.0. The number of halogens is 1. The van der Waals surface area contributed by atoms with Gasteiger partial charge in [-0.25, -0.2) is 4.98 Å². The van der Waals surface area contributed by atoms with E-state index in [1.165, 1.54) is 17.5 Å². The van der Waals surface area contributed by atoms with Crippen molar-refractivity contribution in [3.05, 3.63) is 27.9 Å². The van der Waals surface area contributed by atoms with Gasteiger partial charge in [0.05, 0.1) is 10.6 Å². The Hall–Kier alpha value is -1.73.